The quantitative estimate of drug-likeness (QED) is 0.819. The Balaban J connectivity index is 0.000000924. The Hall–Kier alpha value is -0.835. The molecule has 3 rings (SSSR count). The Morgan fingerprint density at radius 3 is 2.43 bits per heavy atom. The van der Waals surface area contributed by atoms with Crippen LogP contribution in [0.5, 0.6) is 0 Å². The molecule has 128 valence electrons. The molecule has 1 unspecified atom stereocenters. The van der Waals surface area contributed by atoms with E-state index in [2.05, 4.69) is 34.4 Å². The van der Waals surface area contributed by atoms with E-state index in [4.69, 9.17) is 0 Å². The lowest BCUT2D eigenvalue weighted by atomic mass is 9.79. The molecule has 1 fully saturated rings. The zero-order chi connectivity index (χ0) is 16.7. The van der Waals surface area contributed by atoms with Crippen LogP contribution in [0.3, 0.4) is 0 Å². The van der Waals surface area contributed by atoms with Gasteiger partial charge in [0.15, 0.2) is 0 Å². The van der Waals surface area contributed by atoms with Gasteiger partial charge in [0.1, 0.15) is 0 Å². The average molecular weight is 316 g/mol. The highest BCUT2D eigenvalue weighted by Crippen LogP contribution is 2.23. The van der Waals surface area contributed by atoms with E-state index in [1.54, 1.807) is 0 Å². The summed E-state index contributed by atoms with van der Waals surface area (Å²) in [7, 11) is -0.300. The summed E-state index contributed by atoms with van der Waals surface area (Å²) >= 11 is 0. The highest BCUT2D eigenvalue weighted by Gasteiger charge is 2.28. The number of nitrogens with one attached hydrogen (secondary N) is 1. The zero-order valence-electron chi connectivity index (χ0n) is 15.1. The third-order valence-electron chi connectivity index (χ3n) is 5.11. The van der Waals surface area contributed by atoms with E-state index in [0.29, 0.717) is 12.1 Å². The summed E-state index contributed by atoms with van der Waals surface area (Å²) < 4.78 is 0. The monoisotopic (exact) mass is 316 g/mol. The molecule has 4 heteroatoms. The van der Waals surface area contributed by atoms with Crippen molar-refractivity contribution in [3.05, 3.63) is 35.4 Å². The molecule has 1 aromatic rings. The second-order valence-corrected chi connectivity index (χ2v) is 6.64. The summed E-state index contributed by atoms with van der Waals surface area (Å²) in [5.41, 5.74) is 3.02. The van der Waals surface area contributed by atoms with Crippen molar-refractivity contribution in [3.63, 3.8) is 0 Å². The normalized spacial score (nSPS) is 21.5. The van der Waals surface area contributed by atoms with Crippen LogP contribution >= 0.6 is 0 Å². The number of piperidine rings is 1. The van der Waals surface area contributed by atoms with Crippen LogP contribution in [-0.2, 0) is 12.8 Å². The van der Waals surface area contributed by atoms with E-state index in [1.165, 1.54) is 43.2 Å². The minimum atomic E-state index is -0.300. The molecule has 1 aromatic carbocycles. The first-order chi connectivity index (χ1) is 11.2. The predicted octanol–water partition coefficient (Wildman–Crippen LogP) is 3.12. The largest absolute Gasteiger partial charge is 0.437 e. The van der Waals surface area contributed by atoms with E-state index in [1.807, 2.05) is 20.7 Å². The van der Waals surface area contributed by atoms with E-state index < -0.39 is 0 Å². The minimum absolute atomic E-state index is 0.300. The topological polar surface area (TPSA) is 35.5 Å². The van der Waals surface area contributed by atoms with Crippen LogP contribution in [0.2, 0.25) is 6.82 Å². The maximum Gasteiger partial charge on any atom is 0.376 e. The van der Waals surface area contributed by atoms with Crippen LogP contribution in [0.1, 0.15) is 50.7 Å². The lowest BCUT2D eigenvalue weighted by molar-refractivity contribution is 0.212. The first-order valence-corrected chi connectivity index (χ1v) is 9.48. The summed E-state index contributed by atoms with van der Waals surface area (Å²) in [6, 6.07) is 9.95. The Kier molecular flexibility index (Phi) is 7.61. The molecule has 1 aliphatic heterocycles. The average Bonchev–Trinajstić information content (AvgIpc) is 2.99. The fourth-order valence-electron chi connectivity index (χ4n) is 3.98. The molecule has 1 saturated heterocycles. The van der Waals surface area contributed by atoms with Gasteiger partial charge >= 0.3 is 7.05 Å². The molecule has 0 radical (unpaired) electrons. The molecule has 0 bridgehead atoms. The second-order valence-electron chi connectivity index (χ2n) is 6.64. The lowest BCUT2D eigenvalue weighted by Gasteiger charge is -2.36. The minimum Gasteiger partial charge on any atom is -0.437 e. The third kappa shape index (κ3) is 5.07. The van der Waals surface area contributed by atoms with Gasteiger partial charge in [0.05, 0.1) is 0 Å². The Morgan fingerprint density at radius 1 is 1.17 bits per heavy atom. The van der Waals surface area contributed by atoms with Crippen molar-refractivity contribution in [3.8, 4) is 0 Å². The van der Waals surface area contributed by atoms with E-state index in [0.717, 1.165) is 19.5 Å². The van der Waals surface area contributed by atoms with Crippen LogP contribution in [-0.4, -0.2) is 42.1 Å². The Morgan fingerprint density at radius 2 is 1.83 bits per heavy atom. The molecule has 2 aliphatic rings. The Bertz CT molecular complexity index is 441. The molecule has 2 N–H and O–H groups in total. The molecule has 1 aliphatic carbocycles. The van der Waals surface area contributed by atoms with Gasteiger partial charge in [-0.05, 0) is 63.1 Å². The van der Waals surface area contributed by atoms with Crippen molar-refractivity contribution in [2.24, 2.45) is 0 Å². The molecule has 1 atom stereocenters. The summed E-state index contributed by atoms with van der Waals surface area (Å²) in [6.07, 6.45) is 7.26. The van der Waals surface area contributed by atoms with Crippen molar-refractivity contribution in [1.82, 2.24) is 10.1 Å². The van der Waals surface area contributed by atoms with Crippen molar-refractivity contribution >= 4 is 7.05 Å². The maximum atomic E-state index is 9.88. The van der Waals surface area contributed by atoms with Crippen molar-refractivity contribution in [2.75, 3.05) is 13.1 Å². The van der Waals surface area contributed by atoms with E-state index in [9.17, 15) is 5.02 Å². The summed E-state index contributed by atoms with van der Waals surface area (Å²) in [5, 5.41) is 13.6. The number of hydrogen-bond donors (Lipinski definition) is 2. The Labute approximate surface area is 142 Å². The van der Waals surface area contributed by atoms with Crippen LogP contribution in [0.15, 0.2) is 24.3 Å². The molecule has 0 amide bonds. The number of benzene rings is 1. The summed E-state index contributed by atoms with van der Waals surface area (Å²) in [4.78, 5) is 2.27. The molecule has 0 saturated carbocycles. The van der Waals surface area contributed by atoms with Gasteiger partial charge in [-0.15, -0.1) is 0 Å². The predicted molar refractivity (Wildman–Crippen MR) is 99.8 cm³/mol. The van der Waals surface area contributed by atoms with Gasteiger partial charge in [-0.2, -0.15) is 0 Å². The lowest BCUT2D eigenvalue weighted by Crippen LogP contribution is -2.49. The number of rotatable bonds is 5. The van der Waals surface area contributed by atoms with Crippen molar-refractivity contribution in [1.29, 1.82) is 0 Å². The van der Waals surface area contributed by atoms with Gasteiger partial charge < -0.3 is 15.2 Å². The van der Waals surface area contributed by atoms with Gasteiger partial charge in [0, 0.05) is 12.1 Å². The van der Waals surface area contributed by atoms with Crippen molar-refractivity contribution < 1.29 is 5.02 Å². The van der Waals surface area contributed by atoms with Gasteiger partial charge in [0.2, 0.25) is 0 Å². The van der Waals surface area contributed by atoms with Crippen LogP contribution in [0, 0.1) is 0 Å². The smallest absolute Gasteiger partial charge is 0.376 e. The number of fused-ring (bicyclic) bond motifs is 1. The van der Waals surface area contributed by atoms with Gasteiger partial charge in [-0.1, -0.05) is 44.5 Å². The fraction of sp³-hybridized carbons (Fsp3) is 0.684. The van der Waals surface area contributed by atoms with Crippen molar-refractivity contribution in [2.45, 2.75) is 71.3 Å². The second kappa shape index (κ2) is 9.46. The molecular formula is C19H33BN2O. The standard InChI is InChI=1S/C17H27BN2O.C2H6/c1-18(21)20-11-5-4-8-17(20)9-10-19-16-12-14-6-2-3-7-15(14)13-16;1-2/h2-3,6-7,16-17,19,21H,4-5,8-13H2,1H3;1-2H3. The van der Waals surface area contributed by atoms with Crippen LogP contribution in [0.4, 0.5) is 0 Å². The highest BCUT2D eigenvalue weighted by atomic mass is 16.2. The fourth-order valence-corrected chi connectivity index (χ4v) is 3.98. The first kappa shape index (κ1) is 18.5. The third-order valence-corrected chi connectivity index (χ3v) is 5.11. The van der Waals surface area contributed by atoms with Gasteiger partial charge in [-0.25, -0.2) is 0 Å². The van der Waals surface area contributed by atoms with Crippen LogP contribution < -0.4 is 5.32 Å². The van der Waals surface area contributed by atoms with Gasteiger partial charge in [-0.3, -0.25) is 0 Å². The SMILES string of the molecule is CB(O)N1CCCCC1CCNC1Cc2ccccc2C1.CC. The first-order valence-electron chi connectivity index (χ1n) is 9.48. The number of nitrogens with zero attached hydrogens (tertiary/aromatic N) is 1. The molecule has 1 heterocycles. The van der Waals surface area contributed by atoms with Gasteiger partial charge in [0.25, 0.3) is 0 Å². The summed E-state index contributed by atoms with van der Waals surface area (Å²) in [6.45, 7) is 8.02. The van der Waals surface area contributed by atoms with E-state index in [-0.39, 0.29) is 7.05 Å². The zero-order valence-corrected chi connectivity index (χ0v) is 15.1. The van der Waals surface area contributed by atoms with Crippen LogP contribution in [0.25, 0.3) is 0 Å². The molecular weight excluding hydrogens is 283 g/mol. The van der Waals surface area contributed by atoms with E-state index >= 15 is 0 Å². The molecule has 0 aromatic heterocycles. The molecule has 23 heavy (non-hydrogen) atoms. The summed E-state index contributed by atoms with van der Waals surface area (Å²) in [5.74, 6) is 0. The highest BCUT2D eigenvalue weighted by molar-refractivity contribution is 6.45. The molecule has 0 spiro atoms. The molecule has 3 nitrogen and oxygen atoms in total. The number of hydrogen-bond acceptors (Lipinski definition) is 3. The maximum absolute atomic E-state index is 9.88.